The third-order valence-electron chi connectivity index (χ3n) is 2.40. The van der Waals surface area contributed by atoms with Crippen molar-refractivity contribution in [1.82, 2.24) is 15.0 Å². The second kappa shape index (κ2) is 5.30. The van der Waals surface area contributed by atoms with Crippen LogP contribution in [0.25, 0.3) is 0 Å². The molecule has 1 heterocycles. The van der Waals surface area contributed by atoms with Crippen LogP contribution in [-0.2, 0) is 0 Å². The Bertz CT molecular complexity index is 335. The highest BCUT2D eigenvalue weighted by Crippen LogP contribution is 2.16. The minimum atomic E-state index is 0.131. The number of hydrogen-bond donors (Lipinski definition) is 1. The first kappa shape index (κ1) is 13.0. The van der Waals surface area contributed by atoms with Crippen molar-refractivity contribution in [3.8, 4) is 0 Å². The van der Waals surface area contributed by atoms with Gasteiger partial charge in [-0.2, -0.15) is 15.0 Å². The quantitative estimate of drug-likeness (QED) is 0.876. The molecule has 0 amide bonds. The number of halogens is 1. The van der Waals surface area contributed by atoms with Crippen LogP contribution in [0.2, 0.25) is 5.28 Å². The Kier molecular flexibility index (Phi) is 4.29. The molecule has 0 aliphatic rings. The topological polar surface area (TPSA) is 67.9 Å². The number of nitrogens with zero attached hydrogens (tertiary/aromatic N) is 4. The van der Waals surface area contributed by atoms with Crippen molar-refractivity contribution in [3.63, 3.8) is 0 Å². The standard InChI is InChI=1S/C10H18ClN5/c1-6(2)5-7(3)16(4)10-14-8(11)13-9(12)15-10/h6-7H,5H2,1-4H3,(H2,12,13,14,15). The fourth-order valence-electron chi connectivity index (χ4n) is 1.55. The van der Waals surface area contributed by atoms with Crippen LogP contribution in [0, 0.1) is 5.92 Å². The number of anilines is 2. The normalized spacial score (nSPS) is 12.9. The highest BCUT2D eigenvalue weighted by atomic mass is 35.5. The molecule has 1 atom stereocenters. The molecule has 0 spiro atoms. The van der Waals surface area contributed by atoms with Crippen LogP contribution < -0.4 is 10.6 Å². The lowest BCUT2D eigenvalue weighted by Gasteiger charge is -2.26. The lowest BCUT2D eigenvalue weighted by molar-refractivity contribution is 0.499. The minimum absolute atomic E-state index is 0.131. The molecule has 2 N–H and O–H groups in total. The van der Waals surface area contributed by atoms with Crippen LogP contribution in [0.3, 0.4) is 0 Å². The zero-order valence-corrected chi connectivity index (χ0v) is 10.9. The van der Waals surface area contributed by atoms with E-state index in [9.17, 15) is 0 Å². The molecule has 0 aromatic carbocycles. The third kappa shape index (κ3) is 3.48. The third-order valence-corrected chi connectivity index (χ3v) is 2.57. The van der Waals surface area contributed by atoms with Gasteiger partial charge in [-0.05, 0) is 30.9 Å². The summed E-state index contributed by atoms with van der Waals surface area (Å²) in [5, 5.41) is 0.131. The Balaban J connectivity index is 2.82. The van der Waals surface area contributed by atoms with Crippen LogP contribution in [-0.4, -0.2) is 28.0 Å². The first-order valence-corrected chi connectivity index (χ1v) is 5.67. The second-order valence-electron chi connectivity index (χ2n) is 4.35. The second-order valence-corrected chi connectivity index (χ2v) is 4.69. The van der Waals surface area contributed by atoms with Gasteiger partial charge in [-0.3, -0.25) is 0 Å². The van der Waals surface area contributed by atoms with Crippen molar-refractivity contribution >= 4 is 23.5 Å². The van der Waals surface area contributed by atoms with E-state index in [0.29, 0.717) is 17.9 Å². The van der Waals surface area contributed by atoms with E-state index >= 15 is 0 Å². The molecule has 0 fully saturated rings. The highest BCUT2D eigenvalue weighted by Gasteiger charge is 2.15. The monoisotopic (exact) mass is 243 g/mol. The summed E-state index contributed by atoms with van der Waals surface area (Å²) in [6, 6.07) is 0.331. The van der Waals surface area contributed by atoms with Gasteiger partial charge in [0.2, 0.25) is 17.2 Å². The van der Waals surface area contributed by atoms with Gasteiger partial charge in [0.05, 0.1) is 0 Å². The molecule has 5 nitrogen and oxygen atoms in total. The summed E-state index contributed by atoms with van der Waals surface area (Å²) in [4.78, 5) is 13.8. The molecule has 0 aliphatic heterocycles. The van der Waals surface area contributed by atoms with Gasteiger partial charge in [0.15, 0.2) is 0 Å². The van der Waals surface area contributed by atoms with E-state index < -0.39 is 0 Å². The molecule has 1 aromatic heterocycles. The Labute approximate surface area is 101 Å². The lowest BCUT2D eigenvalue weighted by atomic mass is 10.0. The Hall–Kier alpha value is -1.10. The van der Waals surface area contributed by atoms with Crippen molar-refractivity contribution < 1.29 is 0 Å². The summed E-state index contributed by atoms with van der Waals surface area (Å²) in [6.45, 7) is 6.48. The number of nitrogens with two attached hydrogens (primary N) is 1. The van der Waals surface area contributed by atoms with E-state index in [1.807, 2.05) is 11.9 Å². The summed E-state index contributed by atoms with van der Waals surface area (Å²) in [6.07, 6.45) is 1.06. The predicted molar refractivity (Wildman–Crippen MR) is 66.6 cm³/mol. The molecule has 16 heavy (non-hydrogen) atoms. The van der Waals surface area contributed by atoms with E-state index in [2.05, 4.69) is 35.7 Å². The van der Waals surface area contributed by atoms with Crippen LogP contribution >= 0.6 is 11.6 Å². The van der Waals surface area contributed by atoms with E-state index in [1.165, 1.54) is 0 Å². The maximum Gasteiger partial charge on any atom is 0.231 e. The molecule has 0 bridgehead atoms. The van der Waals surface area contributed by atoms with E-state index in [-0.39, 0.29) is 11.2 Å². The Morgan fingerprint density at radius 1 is 1.25 bits per heavy atom. The first-order chi connectivity index (χ1) is 7.40. The SMILES string of the molecule is CC(C)CC(C)N(C)c1nc(N)nc(Cl)n1. The molecular formula is C10H18ClN5. The highest BCUT2D eigenvalue weighted by molar-refractivity contribution is 6.28. The van der Waals surface area contributed by atoms with Gasteiger partial charge < -0.3 is 10.6 Å². The maximum atomic E-state index is 5.74. The van der Waals surface area contributed by atoms with Crippen LogP contribution in [0.1, 0.15) is 27.2 Å². The van der Waals surface area contributed by atoms with Crippen molar-refractivity contribution in [2.45, 2.75) is 33.2 Å². The number of hydrogen-bond acceptors (Lipinski definition) is 5. The number of nitrogen functional groups attached to an aromatic ring is 1. The summed E-state index contributed by atoms with van der Waals surface area (Å²) >= 11 is 5.74. The first-order valence-electron chi connectivity index (χ1n) is 5.30. The summed E-state index contributed by atoms with van der Waals surface area (Å²) in [5.74, 6) is 1.29. The van der Waals surface area contributed by atoms with Gasteiger partial charge in [0, 0.05) is 13.1 Å². The van der Waals surface area contributed by atoms with Gasteiger partial charge in [0.1, 0.15) is 0 Å². The van der Waals surface area contributed by atoms with Gasteiger partial charge >= 0.3 is 0 Å². The fourth-order valence-corrected chi connectivity index (χ4v) is 1.71. The van der Waals surface area contributed by atoms with Gasteiger partial charge in [-0.15, -0.1) is 0 Å². The summed E-state index contributed by atoms with van der Waals surface area (Å²) in [7, 11) is 1.93. The van der Waals surface area contributed by atoms with E-state index in [4.69, 9.17) is 17.3 Å². The van der Waals surface area contributed by atoms with Crippen LogP contribution in [0.5, 0.6) is 0 Å². The van der Waals surface area contributed by atoms with E-state index in [0.717, 1.165) is 6.42 Å². The summed E-state index contributed by atoms with van der Waals surface area (Å²) in [5.41, 5.74) is 5.53. The molecule has 90 valence electrons. The predicted octanol–water partition coefficient (Wildman–Crippen LogP) is 1.98. The average molecular weight is 244 g/mol. The molecule has 0 aliphatic carbocycles. The fraction of sp³-hybridized carbons (Fsp3) is 0.700. The molecule has 6 heteroatoms. The Morgan fingerprint density at radius 2 is 1.88 bits per heavy atom. The smallest absolute Gasteiger partial charge is 0.231 e. The molecular weight excluding hydrogens is 226 g/mol. The molecule has 1 rings (SSSR count). The van der Waals surface area contributed by atoms with Crippen LogP contribution in [0.15, 0.2) is 0 Å². The zero-order chi connectivity index (χ0) is 12.3. The molecule has 1 aromatic rings. The van der Waals surface area contributed by atoms with Gasteiger partial charge in [-0.25, -0.2) is 0 Å². The van der Waals surface area contributed by atoms with E-state index in [1.54, 1.807) is 0 Å². The van der Waals surface area contributed by atoms with Gasteiger partial charge in [0.25, 0.3) is 0 Å². The largest absolute Gasteiger partial charge is 0.368 e. The average Bonchev–Trinajstić information content (AvgIpc) is 2.13. The van der Waals surface area contributed by atoms with Crippen molar-refractivity contribution in [2.24, 2.45) is 5.92 Å². The molecule has 0 saturated carbocycles. The lowest BCUT2D eigenvalue weighted by Crippen LogP contribution is -2.31. The number of rotatable bonds is 4. The molecule has 0 saturated heterocycles. The van der Waals surface area contributed by atoms with Crippen molar-refractivity contribution in [1.29, 1.82) is 0 Å². The van der Waals surface area contributed by atoms with Gasteiger partial charge in [-0.1, -0.05) is 13.8 Å². The van der Waals surface area contributed by atoms with Crippen LogP contribution in [0.4, 0.5) is 11.9 Å². The van der Waals surface area contributed by atoms with Crippen molar-refractivity contribution in [3.05, 3.63) is 5.28 Å². The molecule has 0 radical (unpaired) electrons. The summed E-state index contributed by atoms with van der Waals surface area (Å²) < 4.78 is 0. The maximum absolute atomic E-state index is 5.74. The Morgan fingerprint density at radius 3 is 2.38 bits per heavy atom. The molecule has 1 unspecified atom stereocenters. The van der Waals surface area contributed by atoms with Crippen molar-refractivity contribution in [2.75, 3.05) is 17.7 Å². The number of aromatic nitrogens is 3. The minimum Gasteiger partial charge on any atom is -0.368 e. The zero-order valence-electron chi connectivity index (χ0n) is 10.1.